The Kier molecular flexibility index (Phi) is 10.5. The second-order valence-electron chi connectivity index (χ2n) is 8.22. The first-order chi connectivity index (χ1) is 17.4. The minimum absolute atomic E-state index is 0.364. The number of benzene rings is 3. The Morgan fingerprint density at radius 1 is 0.806 bits per heavy atom. The summed E-state index contributed by atoms with van der Waals surface area (Å²) >= 11 is 12.1. The summed E-state index contributed by atoms with van der Waals surface area (Å²) in [6.45, 7) is 2.74. The topological polar surface area (TPSA) is 76.7 Å². The van der Waals surface area contributed by atoms with Crippen LogP contribution in [0.5, 0.6) is 11.5 Å². The summed E-state index contributed by atoms with van der Waals surface area (Å²) in [5.41, 5.74) is 1.34. The van der Waals surface area contributed by atoms with E-state index in [0.29, 0.717) is 44.8 Å². The number of unbranched alkanes of at least 4 members (excludes halogenated alkanes) is 3. The number of amides is 2. The van der Waals surface area contributed by atoms with Crippen LogP contribution in [-0.4, -0.2) is 25.5 Å². The zero-order chi connectivity index (χ0) is 25.9. The van der Waals surface area contributed by atoms with E-state index in [9.17, 15) is 9.59 Å². The van der Waals surface area contributed by atoms with E-state index in [2.05, 4.69) is 17.6 Å². The Morgan fingerprint density at radius 3 is 1.94 bits per heavy atom. The van der Waals surface area contributed by atoms with Crippen LogP contribution in [0.15, 0.2) is 66.7 Å². The molecule has 8 heteroatoms. The fourth-order valence-corrected chi connectivity index (χ4v) is 3.97. The Hall–Kier alpha value is -3.22. The maximum absolute atomic E-state index is 13.0. The highest BCUT2D eigenvalue weighted by Gasteiger charge is 2.21. The summed E-state index contributed by atoms with van der Waals surface area (Å²) in [6, 6.07) is 18.4. The molecule has 0 aliphatic carbocycles. The molecule has 36 heavy (non-hydrogen) atoms. The lowest BCUT2D eigenvalue weighted by molar-refractivity contribution is 0.0883. The minimum Gasteiger partial charge on any atom is -0.493 e. The summed E-state index contributed by atoms with van der Waals surface area (Å²) in [6.07, 6.45) is 3.51. The van der Waals surface area contributed by atoms with Crippen molar-refractivity contribution in [3.8, 4) is 11.5 Å². The van der Waals surface area contributed by atoms with Gasteiger partial charge in [0.05, 0.1) is 13.7 Å². The van der Waals surface area contributed by atoms with Crippen molar-refractivity contribution in [1.82, 2.24) is 10.6 Å². The third-order valence-electron chi connectivity index (χ3n) is 5.50. The lowest BCUT2D eigenvalue weighted by Crippen LogP contribution is -2.41. The van der Waals surface area contributed by atoms with Crippen molar-refractivity contribution in [2.75, 3.05) is 13.7 Å². The SMILES string of the molecule is CCCCCCOc1ccc(C(NC(=O)c2cccc(Cl)c2)NC(=O)c2cccc(Cl)c2)cc1OC. The van der Waals surface area contributed by atoms with Crippen LogP contribution in [0.2, 0.25) is 10.0 Å². The molecular formula is C28H30Cl2N2O4. The number of methoxy groups -OCH3 is 1. The van der Waals surface area contributed by atoms with Crippen molar-refractivity contribution in [2.24, 2.45) is 0 Å². The minimum atomic E-state index is -0.865. The van der Waals surface area contributed by atoms with Crippen LogP contribution in [0.4, 0.5) is 0 Å². The van der Waals surface area contributed by atoms with E-state index < -0.39 is 18.0 Å². The molecule has 0 aliphatic rings. The van der Waals surface area contributed by atoms with Gasteiger partial charge in [-0.15, -0.1) is 0 Å². The fourth-order valence-electron chi connectivity index (χ4n) is 3.58. The number of carbonyl (C=O) groups excluding carboxylic acids is 2. The average molecular weight is 529 g/mol. The smallest absolute Gasteiger partial charge is 0.253 e. The number of hydrogen-bond donors (Lipinski definition) is 2. The molecule has 3 rings (SSSR count). The predicted molar refractivity (Wildman–Crippen MR) is 143 cm³/mol. The standard InChI is InChI=1S/C28H30Cl2N2O4/c1-3-4-5-6-15-36-24-14-13-19(18-25(24)35-2)26(31-27(33)20-9-7-11-22(29)16-20)32-28(34)21-10-8-12-23(30)17-21/h7-14,16-18,26H,3-6,15H2,1-2H3,(H,31,33)(H,32,34). The highest BCUT2D eigenvalue weighted by atomic mass is 35.5. The molecule has 2 amide bonds. The van der Waals surface area contributed by atoms with E-state index in [1.165, 1.54) is 6.42 Å². The molecule has 0 radical (unpaired) electrons. The quantitative estimate of drug-likeness (QED) is 0.199. The number of rotatable bonds is 12. The van der Waals surface area contributed by atoms with Crippen molar-refractivity contribution >= 4 is 35.0 Å². The number of nitrogens with one attached hydrogen (secondary N) is 2. The summed E-state index contributed by atoms with van der Waals surface area (Å²) in [7, 11) is 1.55. The molecule has 0 saturated carbocycles. The first kappa shape index (κ1) is 27.4. The van der Waals surface area contributed by atoms with Crippen molar-refractivity contribution in [3.05, 3.63) is 93.5 Å². The number of carbonyl (C=O) groups is 2. The molecule has 190 valence electrons. The number of hydrogen-bond acceptors (Lipinski definition) is 4. The third kappa shape index (κ3) is 7.90. The molecule has 0 unspecified atom stereocenters. The summed E-state index contributed by atoms with van der Waals surface area (Å²) < 4.78 is 11.4. The summed E-state index contributed by atoms with van der Waals surface area (Å²) in [4.78, 5) is 26.0. The van der Waals surface area contributed by atoms with Gasteiger partial charge in [-0.25, -0.2) is 0 Å². The van der Waals surface area contributed by atoms with Gasteiger partial charge in [0.2, 0.25) is 0 Å². The van der Waals surface area contributed by atoms with Crippen LogP contribution in [0.1, 0.15) is 65.1 Å². The lowest BCUT2D eigenvalue weighted by atomic mass is 10.1. The van der Waals surface area contributed by atoms with Crippen LogP contribution in [0.3, 0.4) is 0 Å². The highest BCUT2D eigenvalue weighted by Crippen LogP contribution is 2.30. The van der Waals surface area contributed by atoms with Crippen LogP contribution >= 0.6 is 23.2 Å². The molecule has 0 heterocycles. The number of ether oxygens (including phenoxy) is 2. The summed E-state index contributed by atoms with van der Waals surface area (Å²) in [5, 5.41) is 6.61. The fraction of sp³-hybridized carbons (Fsp3) is 0.286. The van der Waals surface area contributed by atoms with Gasteiger partial charge in [0.25, 0.3) is 11.8 Å². The highest BCUT2D eigenvalue weighted by molar-refractivity contribution is 6.31. The van der Waals surface area contributed by atoms with Gasteiger partial charge >= 0.3 is 0 Å². The van der Waals surface area contributed by atoms with Gasteiger partial charge in [-0.1, -0.05) is 67.6 Å². The van der Waals surface area contributed by atoms with Gasteiger partial charge < -0.3 is 20.1 Å². The molecule has 0 fully saturated rings. The van der Waals surface area contributed by atoms with E-state index in [1.807, 2.05) is 0 Å². The van der Waals surface area contributed by atoms with Crippen LogP contribution < -0.4 is 20.1 Å². The molecule has 2 N–H and O–H groups in total. The van der Waals surface area contributed by atoms with E-state index >= 15 is 0 Å². The zero-order valence-electron chi connectivity index (χ0n) is 20.4. The lowest BCUT2D eigenvalue weighted by Gasteiger charge is -2.22. The average Bonchev–Trinajstić information content (AvgIpc) is 2.88. The maximum Gasteiger partial charge on any atom is 0.253 e. The van der Waals surface area contributed by atoms with Crippen LogP contribution in [0, 0.1) is 0 Å². The Labute approximate surface area is 221 Å². The van der Waals surface area contributed by atoms with Crippen molar-refractivity contribution < 1.29 is 19.1 Å². The molecule has 0 aliphatic heterocycles. The Balaban J connectivity index is 1.84. The van der Waals surface area contributed by atoms with Gasteiger partial charge in [0, 0.05) is 21.2 Å². The molecule has 0 bridgehead atoms. The molecule has 3 aromatic rings. The largest absolute Gasteiger partial charge is 0.493 e. The second kappa shape index (κ2) is 13.8. The van der Waals surface area contributed by atoms with E-state index in [4.69, 9.17) is 32.7 Å². The molecule has 6 nitrogen and oxygen atoms in total. The predicted octanol–water partition coefficient (Wildman–Crippen LogP) is 6.82. The number of halogens is 2. The normalized spacial score (nSPS) is 10.7. The first-order valence-electron chi connectivity index (χ1n) is 11.8. The van der Waals surface area contributed by atoms with Gasteiger partial charge in [-0.2, -0.15) is 0 Å². The summed E-state index contributed by atoms with van der Waals surface area (Å²) in [5.74, 6) is 0.300. The zero-order valence-corrected chi connectivity index (χ0v) is 21.9. The second-order valence-corrected chi connectivity index (χ2v) is 9.09. The Bertz CT molecular complexity index is 1130. The molecule has 0 atom stereocenters. The Morgan fingerprint density at radius 2 is 1.42 bits per heavy atom. The van der Waals surface area contributed by atoms with E-state index in [1.54, 1.807) is 73.8 Å². The third-order valence-corrected chi connectivity index (χ3v) is 5.97. The first-order valence-corrected chi connectivity index (χ1v) is 12.6. The van der Waals surface area contributed by atoms with Crippen LogP contribution in [0.25, 0.3) is 0 Å². The van der Waals surface area contributed by atoms with Crippen molar-refractivity contribution in [2.45, 2.75) is 38.8 Å². The van der Waals surface area contributed by atoms with Crippen LogP contribution in [-0.2, 0) is 0 Å². The van der Waals surface area contributed by atoms with Gasteiger partial charge in [0.1, 0.15) is 6.17 Å². The van der Waals surface area contributed by atoms with Gasteiger partial charge in [-0.3, -0.25) is 9.59 Å². The molecule has 0 saturated heterocycles. The van der Waals surface area contributed by atoms with E-state index in [0.717, 1.165) is 19.3 Å². The molecule has 3 aromatic carbocycles. The van der Waals surface area contributed by atoms with Gasteiger partial charge in [-0.05, 0) is 60.5 Å². The molecule has 0 spiro atoms. The van der Waals surface area contributed by atoms with E-state index in [-0.39, 0.29) is 0 Å². The molecule has 0 aromatic heterocycles. The van der Waals surface area contributed by atoms with Crippen molar-refractivity contribution in [3.63, 3.8) is 0 Å². The monoisotopic (exact) mass is 528 g/mol. The maximum atomic E-state index is 13.0. The van der Waals surface area contributed by atoms with Crippen molar-refractivity contribution in [1.29, 1.82) is 0 Å². The van der Waals surface area contributed by atoms with Gasteiger partial charge in [0.15, 0.2) is 11.5 Å². The molecular weight excluding hydrogens is 499 g/mol.